The molecule has 0 saturated carbocycles. The van der Waals surface area contributed by atoms with Crippen LogP contribution in [0.5, 0.6) is 0 Å². The Balaban J connectivity index is 0.000000211. The van der Waals surface area contributed by atoms with Gasteiger partial charge in [0.25, 0.3) is 0 Å². The van der Waals surface area contributed by atoms with E-state index in [4.69, 9.17) is 17.0 Å². The summed E-state index contributed by atoms with van der Waals surface area (Å²) in [7, 11) is 11.0. The van der Waals surface area contributed by atoms with Crippen molar-refractivity contribution in [2.75, 3.05) is 0 Å². The first-order valence-electron chi connectivity index (χ1n) is 15.5. The van der Waals surface area contributed by atoms with Gasteiger partial charge in [0.15, 0.2) is 0 Å². The number of aryl methyl sites for hydroxylation is 2. The summed E-state index contributed by atoms with van der Waals surface area (Å²) in [6, 6.07) is 39.9. The molecule has 0 atom stereocenters. The number of benzene rings is 4. The van der Waals surface area contributed by atoms with Crippen molar-refractivity contribution in [2.24, 2.45) is 0 Å². The van der Waals surface area contributed by atoms with Crippen LogP contribution >= 0.6 is 17.0 Å². The van der Waals surface area contributed by atoms with Gasteiger partial charge in [-0.25, -0.2) is 0 Å². The summed E-state index contributed by atoms with van der Waals surface area (Å²) >= 11 is -0.826. The molecule has 4 heteroatoms. The molecule has 0 aromatic heterocycles. The molecule has 0 aliphatic carbocycles. The number of rotatable bonds is 3. The molecular formula is C41H46Cl2SiZr. The van der Waals surface area contributed by atoms with Gasteiger partial charge in [0, 0.05) is 9.52 Å². The van der Waals surface area contributed by atoms with Crippen LogP contribution in [0.2, 0.25) is 13.1 Å². The van der Waals surface area contributed by atoms with E-state index >= 15 is 0 Å². The Morgan fingerprint density at radius 2 is 1.27 bits per heavy atom. The summed E-state index contributed by atoms with van der Waals surface area (Å²) in [6.07, 6.45) is 0. The Hall–Kier alpha value is -2.22. The molecule has 0 amide bonds. The summed E-state index contributed by atoms with van der Waals surface area (Å²) in [5.41, 5.74) is 11.0. The second kappa shape index (κ2) is 17.6. The van der Waals surface area contributed by atoms with Crippen LogP contribution in [0.15, 0.2) is 109 Å². The van der Waals surface area contributed by atoms with Gasteiger partial charge in [0.2, 0.25) is 0 Å². The minimum atomic E-state index is -0.826. The van der Waals surface area contributed by atoms with Crippen LogP contribution in [-0.4, -0.2) is 9.52 Å². The van der Waals surface area contributed by atoms with Crippen LogP contribution in [0.3, 0.4) is 0 Å². The van der Waals surface area contributed by atoms with Crippen molar-refractivity contribution in [2.45, 2.75) is 72.9 Å². The Morgan fingerprint density at radius 3 is 1.84 bits per heavy atom. The van der Waals surface area contributed by atoms with Crippen molar-refractivity contribution in [1.29, 1.82) is 0 Å². The van der Waals surface area contributed by atoms with Crippen molar-refractivity contribution >= 4 is 48.1 Å². The second-order valence-corrected chi connectivity index (χ2v) is 17.5. The van der Waals surface area contributed by atoms with Gasteiger partial charge in [0.1, 0.15) is 0 Å². The van der Waals surface area contributed by atoms with Crippen molar-refractivity contribution in [1.82, 2.24) is 0 Å². The second-order valence-electron chi connectivity index (χ2n) is 12.8. The zero-order valence-corrected chi connectivity index (χ0v) is 33.2. The maximum atomic E-state index is 4.93. The van der Waals surface area contributed by atoms with Crippen molar-refractivity contribution in [3.8, 4) is 22.3 Å². The third-order valence-corrected chi connectivity index (χ3v) is 7.84. The first-order valence-corrected chi connectivity index (χ1v) is 23.8. The molecule has 0 heterocycles. The molecule has 45 heavy (non-hydrogen) atoms. The zero-order valence-electron chi connectivity index (χ0n) is 28.2. The van der Waals surface area contributed by atoms with Crippen LogP contribution in [0.1, 0.15) is 62.8 Å². The van der Waals surface area contributed by atoms with Crippen LogP contribution in [0, 0.1) is 13.8 Å². The molecule has 0 fully saturated rings. The summed E-state index contributed by atoms with van der Waals surface area (Å²) in [5.74, 6) is 0.584. The maximum absolute atomic E-state index is 4.93. The molecule has 0 spiro atoms. The van der Waals surface area contributed by atoms with Gasteiger partial charge in [-0.2, -0.15) is 12.1 Å². The van der Waals surface area contributed by atoms with Gasteiger partial charge < -0.3 is 0 Å². The molecule has 6 aromatic rings. The Bertz CT molecular complexity index is 1750. The van der Waals surface area contributed by atoms with Crippen molar-refractivity contribution in [3.05, 3.63) is 131 Å². The topological polar surface area (TPSA) is 0 Å². The normalized spacial score (nSPS) is 10.8. The molecule has 2 radical (unpaired) electrons. The average Bonchev–Trinajstić information content (AvgIpc) is 3.63. The molecule has 0 aliphatic rings. The number of hydrogen-bond donors (Lipinski definition) is 0. The number of hydrogen-bond acceptors (Lipinski definition) is 0. The quantitative estimate of drug-likeness (QED) is 0.126. The van der Waals surface area contributed by atoms with Crippen molar-refractivity contribution < 1.29 is 20.8 Å². The predicted molar refractivity (Wildman–Crippen MR) is 201 cm³/mol. The van der Waals surface area contributed by atoms with Crippen LogP contribution in [0.4, 0.5) is 0 Å². The number of halogens is 2. The molecule has 6 rings (SSSR count). The third kappa shape index (κ3) is 10.1. The van der Waals surface area contributed by atoms with Crippen LogP contribution < -0.4 is 0 Å². The van der Waals surface area contributed by atoms with E-state index in [2.05, 4.69) is 171 Å². The Kier molecular flexibility index (Phi) is 14.6. The van der Waals surface area contributed by atoms with E-state index in [-0.39, 0.29) is 5.41 Å². The summed E-state index contributed by atoms with van der Waals surface area (Å²) in [6.45, 7) is 19.9. The number of fused-ring (bicyclic) bond motifs is 2. The first-order chi connectivity index (χ1) is 21.4. The Labute approximate surface area is 293 Å². The average molecular weight is 729 g/mol. The molecular weight excluding hydrogens is 683 g/mol. The molecule has 6 aromatic carbocycles. The van der Waals surface area contributed by atoms with Crippen molar-refractivity contribution in [3.63, 3.8) is 0 Å². The van der Waals surface area contributed by atoms with E-state index in [9.17, 15) is 0 Å². The minimum absolute atomic E-state index is 0.206. The van der Waals surface area contributed by atoms with Crippen LogP contribution in [0.25, 0.3) is 43.8 Å². The summed E-state index contributed by atoms with van der Waals surface area (Å²) in [4.78, 5) is 0. The third-order valence-electron chi connectivity index (χ3n) is 7.84. The van der Waals surface area contributed by atoms with E-state index in [0.29, 0.717) is 5.92 Å². The van der Waals surface area contributed by atoms with Gasteiger partial charge in [-0.05, 0) is 28.0 Å². The summed E-state index contributed by atoms with van der Waals surface area (Å²) in [5, 5.41) is 5.47. The van der Waals surface area contributed by atoms with Gasteiger partial charge >= 0.3 is 37.9 Å². The van der Waals surface area contributed by atoms with Gasteiger partial charge in [-0.15, -0.1) is 68.6 Å². The van der Waals surface area contributed by atoms with E-state index in [1.165, 1.54) is 66.1 Å². The fourth-order valence-electron chi connectivity index (χ4n) is 5.45. The van der Waals surface area contributed by atoms with E-state index < -0.39 is 20.8 Å². The van der Waals surface area contributed by atoms with Crippen LogP contribution in [-0.2, 0) is 26.3 Å². The SMILES string of the molecule is CC(C)c1cc2c(-c3ccccc3)cccc2[cH-]1.C[Si]C.Cc1cc2c(-c3ccc(C(C)(C)C)cc3)ccc(C)c2[cH-]1.[Cl][Zr+2][Cl]. The monoisotopic (exact) mass is 726 g/mol. The van der Waals surface area contributed by atoms with Gasteiger partial charge in [-0.1, -0.05) is 139 Å². The van der Waals surface area contributed by atoms with E-state index in [0.717, 1.165) is 9.52 Å². The zero-order chi connectivity index (χ0) is 33.1. The molecule has 0 aliphatic heterocycles. The fraction of sp³-hybridized carbons (Fsp3) is 0.268. The standard InChI is InChI=1S/C21H23.C18H17.C2H6Si.2ClH.Zr/c1-14-12-19-15(2)6-11-18(20(19)13-14)16-7-9-17(10-8-16)21(3,4)5;1-13(2)16-11-15-9-6-10-17(18(15)12-16)14-7-4-3-5-8-14;1-3-2;;;/h6-13H,1-5H3;3-13H,1-2H3;1-2H3;2*1H;/q2*-1;;;;+4/p-2. The van der Waals surface area contributed by atoms with E-state index in [1.807, 2.05) is 0 Å². The van der Waals surface area contributed by atoms with E-state index in [1.54, 1.807) is 0 Å². The fourth-order valence-corrected chi connectivity index (χ4v) is 5.45. The molecule has 0 bridgehead atoms. The predicted octanol–water partition coefficient (Wildman–Crippen LogP) is 13.7. The van der Waals surface area contributed by atoms with Gasteiger partial charge in [0.05, 0.1) is 0 Å². The molecule has 0 saturated heterocycles. The molecule has 0 unspecified atom stereocenters. The molecule has 0 N–H and O–H groups in total. The first kappa shape index (κ1) is 37.2. The molecule has 232 valence electrons. The summed E-state index contributed by atoms with van der Waals surface area (Å²) < 4.78 is 0. The Morgan fingerprint density at radius 1 is 0.689 bits per heavy atom. The van der Waals surface area contributed by atoms with Gasteiger partial charge in [-0.3, -0.25) is 0 Å². The molecule has 0 nitrogen and oxygen atoms in total.